The maximum Gasteiger partial charge on any atom is 0.407 e. The Hall–Kier alpha value is -3.16. The van der Waals surface area contributed by atoms with Gasteiger partial charge in [0.25, 0.3) is 0 Å². The largest absolute Gasteiger partial charge is 0.455 e. The zero-order chi connectivity index (χ0) is 27.8. The summed E-state index contributed by atoms with van der Waals surface area (Å²) in [5.41, 5.74) is 1.48. The van der Waals surface area contributed by atoms with E-state index in [1.54, 1.807) is 0 Å². The maximum absolute atomic E-state index is 13.5. The maximum atomic E-state index is 13.5. The summed E-state index contributed by atoms with van der Waals surface area (Å²) in [5.74, 6) is -0.621. The van der Waals surface area contributed by atoms with Crippen LogP contribution in [0.15, 0.2) is 35.1 Å². The number of hydrogen-bond acceptors (Lipinski definition) is 6. The van der Waals surface area contributed by atoms with E-state index in [9.17, 15) is 19.2 Å². The van der Waals surface area contributed by atoms with Gasteiger partial charge in [-0.3, -0.25) is 14.4 Å². The lowest BCUT2D eigenvalue weighted by Crippen LogP contribution is -2.53. The molecule has 0 spiro atoms. The molecule has 2 aromatic rings. The number of esters is 1. The van der Waals surface area contributed by atoms with E-state index >= 15 is 0 Å². The van der Waals surface area contributed by atoms with Crippen molar-refractivity contribution in [3.05, 3.63) is 46.1 Å². The molecule has 2 aromatic carbocycles. The summed E-state index contributed by atoms with van der Waals surface area (Å²) < 4.78 is 11.1. The van der Waals surface area contributed by atoms with E-state index in [0.717, 1.165) is 31.2 Å². The van der Waals surface area contributed by atoms with Crippen molar-refractivity contribution >= 4 is 18.0 Å². The number of hydrogen-bond donors (Lipinski definition) is 2. The molecular weight excluding hydrogens is 484 g/mol. The van der Waals surface area contributed by atoms with E-state index in [0.29, 0.717) is 30.1 Å². The Balaban J connectivity index is 1.74. The number of alkyl carbamates (subject to hydrolysis) is 1. The summed E-state index contributed by atoms with van der Waals surface area (Å²) in [4.78, 5) is 50.9. The monoisotopic (exact) mass is 526 g/mol. The summed E-state index contributed by atoms with van der Waals surface area (Å²) in [6.07, 6.45) is 4.49. The molecule has 0 saturated heterocycles. The molecule has 0 bridgehead atoms. The first-order valence-corrected chi connectivity index (χ1v) is 13.8. The second-order valence-electron chi connectivity index (χ2n) is 11.2. The Kier molecular flexibility index (Phi) is 10.5. The third-order valence-electron chi connectivity index (χ3n) is 7.16. The quantitative estimate of drug-likeness (QED) is 0.374. The third-order valence-corrected chi connectivity index (χ3v) is 7.16. The smallest absolute Gasteiger partial charge is 0.407 e. The van der Waals surface area contributed by atoms with Crippen molar-refractivity contribution in [3.63, 3.8) is 0 Å². The molecule has 8 heteroatoms. The Morgan fingerprint density at radius 1 is 0.974 bits per heavy atom. The van der Waals surface area contributed by atoms with Crippen LogP contribution in [0, 0.1) is 17.8 Å². The molecule has 0 aromatic heterocycles. The van der Waals surface area contributed by atoms with Gasteiger partial charge in [-0.1, -0.05) is 77.3 Å². The van der Waals surface area contributed by atoms with Crippen LogP contribution < -0.4 is 16.1 Å². The average Bonchev–Trinajstić information content (AvgIpc) is 3.55. The van der Waals surface area contributed by atoms with Crippen LogP contribution in [0.4, 0.5) is 4.79 Å². The first-order chi connectivity index (χ1) is 18.1. The van der Waals surface area contributed by atoms with E-state index in [4.69, 9.17) is 9.47 Å². The van der Waals surface area contributed by atoms with Gasteiger partial charge in [-0.25, -0.2) is 4.79 Å². The van der Waals surface area contributed by atoms with E-state index < -0.39 is 36.2 Å². The Bertz CT molecular complexity index is 1080. The fraction of sp³-hybridized carbons (Fsp3) is 0.600. The Labute approximate surface area is 225 Å². The molecule has 208 valence electrons. The lowest BCUT2D eigenvalue weighted by atomic mass is 9.90. The fourth-order valence-corrected chi connectivity index (χ4v) is 5.13. The van der Waals surface area contributed by atoms with Gasteiger partial charge >= 0.3 is 12.1 Å². The molecule has 0 radical (unpaired) electrons. The number of amides is 2. The molecule has 38 heavy (non-hydrogen) atoms. The molecular formula is C30H42N2O6. The minimum Gasteiger partial charge on any atom is -0.455 e. The average molecular weight is 527 g/mol. The third kappa shape index (κ3) is 8.17. The molecule has 1 aliphatic carbocycles. The fourth-order valence-electron chi connectivity index (χ4n) is 5.13. The van der Waals surface area contributed by atoms with Crippen molar-refractivity contribution in [2.75, 3.05) is 6.61 Å². The van der Waals surface area contributed by atoms with Crippen molar-refractivity contribution in [1.29, 1.82) is 0 Å². The summed E-state index contributed by atoms with van der Waals surface area (Å²) in [5, 5.41) is 5.72. The summed E-state index contributed by atoms with van der Waals surface area (Å²) >= 11 is 0. The molecule has 0 aliphatic heterocycles. The molecule has 1 unspecified atom stereocenters. The molecule has 1 aliphatic rings. The van der Waals surface area contributed by atoms with E-state index in [-0.39, 0.29) is 17.3 Å². The minimum atomic E-state index is -0.933. The van der Waals surface area contributed by atoms with Gasteiger partial charge in [-0.05, 0) is 42.6 Å². The highest BCUT2D eigenvalue weighted by Crippen LogP contribution is 2.36. The predicted octanol–water partition coefficient (Wildman–Crippen LogP) is 5.06. The minimum absolute atomic E-state index is 0.128. The van der Waals surface area contributed by atoms with E-state index in [2.05, 4.69) is 10.6 Å². The van der Waals surface area contributed by atoms with Crippen LogP contribution in [0.3, 0.4) is 0 Å². The first kappa shape index (κ1) is 29.4. The second-order valence-corrected chi connectivity index (χ2v) is 11.2. The number of carbonyl (C=O) groups is 3. The summed E-state index contributed by atoms with van der Waals surface area (Å²) in [7, 11) is 0. The van der Waals surface area contributed by atoms with Gasteiger partial charge in [0, 0.05) is 12.5 Å². The van der Waals surface area contributed by atoms with Gasteiger partial charge in [-0.2, -0.15) is 0 Å². The van der Waals surface area contributed by atoms with E-state index in [1.807, 2.05) is 58.0 Å². The molecule has 0 heterocycles. The Morgan fingerprint density at radius 3 is 2.21 bits per heavy atom. The van der Waals surface area contributed by atoms with Gasteiger partial charge in [0.1, 0.15) is 6.04 Å². The van der Waals surface area contributed by atoms with Crippen LogP contribution in [-0.4, -0.2) is 36.7 Å². The topological polar surface area (TPSA) is 111 Å². The molecule has 3 atom stereocenters. The van der Waals surface area contributed by atoms with Gasteiger partial charge in [0.15, 0.2) is 11.5 Å². The summed E-state index contributed by atoms with van der Waals surface area (Å²) in [6, 6.07) is 7.70. The zero-order valence-electron chi connectivity index (χ0n) is 23.3. The van der Waals surface area contributed by atoms with Gasteiger partial charge in [-0.15, -0.1) is 0 Å². The van der Waals surface area contributed by atoms with Crippen molar-refractivity contribution in [1.82, 2.24) is 10.6 Å². The molecule has 1 saturated carbocycles. The number of benzene rings is 1. The normalized spacial score (nSPS) is 16.7. The van der Waals surface area contributed by atoms with Gasteiger partial charge < -0.3 is 20.1 Å². The molecule has 8 nitrogen and oxygen atoms in total. The number of rotatable bonds is 12. The molecule has 3 rings (SSSR count). The van der Waals surface area contributed by atoms with Gasteiger partial charge in [0.2, 0.25) is 5.91 Å². The molecule has 2 N–H and O–H groups in total. The SMILES string of the molecule is CC(=O)O[C@H](c1c(-c2ccccc2)c1=O)[C@@H](NC(=O)C(CC(C)C)NC(=O)OCC1CCCCC1)C(C)C. The standard InChI is InChI=1S/C30H42N2O6/c1-18(2)16-23(31-30(36)37-17-21-12-8-6-9-13-21)29(35)32-26(19(3)4)28(38-20(5)33)25-24(27(25)34)22-14-10-7-11-15-22/h7,10-11,14-15,18-19,21,23,26,28H,6,8-9,12-13,16-17H2,1-5H3,(H,31,36)(H,32,35)/t23?,26-,28+/m0/s1. The predicted molar refractivity (Wildman–Crippen MR) is 146 cm³/mol. The highest BCUT2D eigenvalue weighted by Gasteiger charge is 2.41. The van der Waals surface area contributed by atoms with Crippen molar-refractivity contribution < 1.29 is 23.9 Å². The van der Waals surface area contributed by atoms with Crippen LogP contribution in [0.25, 0.3) is 11.1 Å². The summed E-state index contributed by atoms with van der Waals surface area (Å²) in [6.45, 7) is 9.35. The Morgan fingerprint density at radius 2 is 1.63 bits per heavy atom. The highest BCUT2D eigenvalue weighted by molar-refractivity contribution is 5.86. The number of carbonyl (C=O) groups excluding carboxylic acids is 3. The van der Waals surface area contributed by atoms with Crippen LogP contribution >= 0.6 is 0 Å². The van der Waals surface area contributed by atoms with Crippen LogP contribution in [0.2, 0.25) is 0 Å². The van der Waals surface area contributed by atoms with Crippen LogP contribution in [0.1, 0.15) is 84.8 Å². The van der Waals surface area contributed by atoms with Crippen molar-refractivity contribution in [3.8, 4) is 11.1 Å². The molecule has 1 fully saturated rings. The van der Waals surface area contributed by atoms with E-state index in [1.165, 1.54) is 13.3 Å². The van der Waals surface area contributed by atoms with Crippen LogP contribution in [0.5, 0.6) is 0 Å². The van der Waals surface area contributed by atoms with Gasteiger partial charge in [0.05, 0.1) is 18.2 Å². The highest BCUT2D eigenvalue weighted by atomic mass is 16.6. The van der Waals surface area contributed by atoms with Crippen LogP contribution in [-0.2, 0) is 19.1 Å². The first-order valence-electron chi connectivity index (χ1n) is 13.8. The van der Waals surface area contributed by atoms with Crippen molar-refractivity contribution in [2.45, 2.75) is 91.3 Å². The zero-order valence-corrected chi connectivity index (χ0v) is 23.3. The lowest BCUT2D eigenvalue weighted by molar-refractivity contribution is -0.150. The lowest BCUT2D eigenvalue weighted by Gasteiger charge is -2.31. The van der Waals surface area contributed by atoms with Crippen molar-refractivity contribution in [2.24, 2.45) is 17.8 Å². The molecule has 2 amide bonds. The second kappa shape index (κ2) is 13.6. The number of ether oxygens (including phenoxy) is 2. The number of nitrogens with one attached hydrogen (secondary N) is 2.